The molecule has 1 saturated carbocycles. The van der Waals surface area contributed by atoms with Crippen molar-refractivity contribution in [3.63, 3.8) is 0 Å². The van der Waals surface area contributed by atoms with Gasteiger partial charge in [-0.15, -0.1) is 0 Å². The number of ether oxygens (including phenoxy) is 5. The number of piperidine rings is 1. The second kappa shape index (κ2) is 25.1. The zero-order chi connectivity index (χ0) is 48.2. The number of nitrogens with zero attached hydrogens (tertiary/aromatic N) is 1. The van der Waals surface area contributed by atoms with Crippen LogP contribution >= 0.6 is 0 Å². The van der Waals surface area contributed by atoms with E-state index < -0.39 is 83.9 Å². The molecule has 2 bridgehead atoms. The Morgan fingerprint density at radius 2 is 1.55 bits per heavy atom. The summed E-state index contributed by atoms with van der Waals surface area (Å²) >= 11 is 0. The number of aliphatic hydroxyl groups excluding tert-OH is 2. The zero-order valence-electron chi connectivity index (χ0n) is 40.6. The molecule has 15 atom stereocenters. The number of fused-ring (bicyclic) bond motifs is 3. The van der Waals surface area contributed by atoms with Crippen LogP contribution in [0.3, 0.4) is 0 Å². The largest absolute Gasteiger partial charge is 0.460 e. The van der Waals surface area contributed by atoms with Crippen molar-refractivity contribution in [2.45, 2.75) is 180 Å². The number of Topliss-reactive ketones (excluding diaryl/α,β-unsaturated/α-hetero) is 3. The Bertz CT molecular complexity index is 1760. The molecule has 7 unspecified atom stereocenters. The Balaban J connectivity index is 1.74. The van der Waals surface area contributed by atoms with Crippen LogP contribution in [0.15, 0.2) is 47.6 Å². The summed E-state index contributed by atoms with van der Waals surface area (Å²) in [6.07, 6.45) is 10.7. The molecular formula is C51H79NO13. The minimum Gasteiger partial charge on any atom is -0.460 e. The number of amides is 1. The van der Waals surface area contributed by atoms with Crippen LogP contribution in [0.2, 0.25) is 0 Å². The van der Waals surface area contributed by atoms with Gasteiger partial charge in [-0.25, -0.2) is 4.79 Å². The van der Waals surface area contributed by atoms with Crippen molar-refractivity contribution in [3.05, 3.63) is 47.6 Å². The molecule has 14 heteroatoms. The molecule has 0 aromatic rings. The molecular weight excluding hydrogens is 835 g/mol. The van der Waals surface area contributed by atoms with Crippen molar-refractivity contribution in [2.24, 2.45) is 35.5 Å². The van der Waals surface area contributed by atoms with E-state index in [-0.39, 0.29) is 61.2 Å². The highest BCUT2D eigenvalue weighted by molar-refractivity contribution is 6.09. The highest BCUT2D eigenvalue weighted by atomic mass is 16.6. The topological polar surface area (TPSA) is 195 Å². The van der Waals surface area contributed by atoms with Gasteiger partial charge in [0.25, 0.3) is 5.91 Å². The molecule has 0 radical (unpaired) electrons. The fraction of sp³-hybridized carbons (Fsp3) is 0.745. The SMILES string of the molecule is CO[C@H]1C[C@@H]2CCC(C)C(=O)C(O)(O2)C(=O)N2CCCCC2C(=O)O[C@H]([C@H](C)C[C@@H]2CCC(O)[C@H](OC)C2)CC(=O)C(C)/C=C(\C)C(O)[C@@H](OC)C(=O)C(C)C[C@H](C)/C=C/C=C/C=C1C. The average molecular weight is 914 g/mol. The molecule has 366 valence electrons. The Hall–Kier alpha value is -3.37. The maximum absolute atomic E-state index is 14.6. The molecule has 3 N–H and O–H groups in total. The van der Waals surface area contributed by atoms with E-state index >= 15 is 0 Å². The van der Waals surface area contributed by atoms with Crippen LogP contribution in [-0.2, 0) is 47.7 Å². The molecule has 0 aromatic carbocycles. The Morgan fingerprint density at radius 3 is 2.23 bits per heavy atom. The van der Waals surface area contributed by atoms with Crippen LogP contribution in [0.5, 0.6) is 0 Å². The van der Waals surface area contributed by atoms with Gasteiger partial charge in [0.15, 0.2) is 5.78 Å². The van der Waals surface area contributed by atoms with E-state index in [0.717, 1.165) is 12.0 Å². The van der Waals surface area contributed by atoms with Gasteiger partial charge < -0.3 is 43.9 Å². The van der Waals surface area contributed by atoms with Crippen LogP contribution in [-0.4, -0.2) is 132 Å². The normalized spacial score (nSPS) is 39.6. The van der Waals surface area contributed by atoms with Gasteiger partial charge >= 0.3 is 11.8 Å². The third-order valence-electron chi connectivity index (χ3n) is 14.4. The van der Waals surface area contributed by atoms with Crippen molar-refractivity contribution in [2.75, 3.05) is 27.9 Å². The highest BCUT2D eigenvalue weighted by Gasteiger charge is 2.55. The van der Waals surface area contributed by atoms with E-state index in [2.05, 4.69) is 0 Å². The summed E-state index contributed by atoms with van der Waals surface area (Å²) in [7, 11) is 4.51. The predicted octanol–water partition coefficient (Wildman–Crippen LogP) is 6.18. The third kappa shape index (κ3) is 14.3. The summed E-state index contributed by atoms with van der Waals surface area (Å²) in [4.78, 5) is 72.1. The number of rotatable bonds is 6. The summed E-state index contributed by atoms with van der Waals surface area (Å²) < 4.78 is 29.5. The summed E-state index contributed by atoms with van der Waals surface area (Å²) in [6, 6.07) is -1.16. The van der Waals surface area contributed by atoms with Gasteiger partial charge in [0, 0.05) is 58.5 Å². The fourth-order valence-electron chi connectivity index (χ4n) is 10.1. The smallest absolute Gasteiger partial charge is 0.329 e. The van der Waals surface area contributed by atoms with Crippen LogP contribution in [0.1, 0.15) is 126 Å². The molecule has 65 heavy (non-hydrogen) atoms. The van der Waals surface area contributed by atoms with E-state index in [1.807, 2.05) is 58.1 Å². The fourth-order valence-corrected chi connectivity index (χ4v) is 10.1. The lowest BCUT2D eigenvalue weighted by atomic mass is 9.78. The van der Waals surface area contributed by atoms with E-state index in [1.54, 1.807) is 41.1 Å². The Morgan fingerprint density at radius 1 is 0.831 bits per heavy atom. The van der Waals surface area contributed by atoms with E-state index in [0.29, 0.717) is 56.9 Å². The average Bonchev–Trinajstić information content (AvgIpc) is 3.39. The van der Waals surface area contributed by atoms with Gasteiger partial charge in [-0.3, -0.25) is 19.2 Å². The number of aliphatic hydroxyl groups is 3. The monoisotopic (exact) mass is 914 g/mol. The first-order valence-electron chi connectivity index (χ1n) is 23.9. The standard InChI is InChI=1S/C51H79NO13/c1-30-16-12-11-13-17-31(2)42(61-8)28-38-21-19-32(3)48(57)51(60,65-38)50(59)52-23-15-14-18-39(52)49(58)64-43(34(5)26-37-20-22-40(53)44(27-37)62-9)29-41(54)33(4)25-36(7)46(56)47(63-10)45(55)35(6)24-30/h11-13,16-17,25,30,32-35,37-40,42-44,46-47,53,56,60H,14-15,18-24,26-29H2,1-10H3/b13-11+,16-12+,31-17?,36-25+/t30-,32?,33?,34-,35?,37+,38+,39?,40?,42+,43+,44-,46?,47+,51?/m1/s1. The second-order valence-electron chi connectivity index (χ2n) is 19.6. The van der Waals surface area contributed by atoms with Crippen molar-refractivity contribution >= 4 is 29.2 Å². The van der Waals surface area contributed by atoms with Gasteiger partial charge in [0.05, 0.1) is 24.4 Å². The Kier molecular flexibility index (Phi) is 21.0. The predicted molar refractivity (Wildman–Crippen MR) is 245 cm³/mol. The van der Waals surface area contributed by atoms with Crippen LogP contribution in [0, 0.1) is 35.5 Å². The number of carbonyl (C=O) groups excluding carboxylic acids is 5. The van der Waals surface area contributed by atoms with Crippen molar-refractivity contribution in [1.29, 1.82) is 0 Å². The minimum absolute atomic E-state index is 0.0147. The first-order valence-corrected chi connectivity index (χ1v) is 23.9. The molecule has 0 spiro atoms. The maximum Gasteiger partial charge on any atom is 0.329 e. The summed E-state index contributed by atoms with van der Waals surface area (Å²) in [5.41, 5.74) is 1.24. The lowest BCUT2D eigenvalue weighted by Crippen LogP contribution is -2.62. The van der Waals surface area contributed by atoms with Gasteiger partial charge in [-0.05, 0) is 107 Å². The van der Waals surface area contributed by atoms with Gasteiger partial charge in [0.2, 0.25) is 5.78 Å². The lowest BCUT2D eigenvalue weighted by Gasteiger charge is -2.40. The molecule has 3 fully saturated rings. The number of methoxy groups -OCH3 is 3. The lowest BCUT2D eigenvalue weighted by molar-refractivity contribution is -0.231. The van der Waals surface area contributed by atoms with Crippen LogP contribution in [0.25, 0.3) is 0 Å². The maximum atomic E-state index is 14.6. The molecule has 0 aromatic heterocycles. The first kappa shape index (κ1) is 54.2. The van der Waals surface area contributed by atoms with Crippen molar-refractivity contribution in [1.82, 2.24) is 4.90 Å². The number of carbonyl (C=O) groups is 5. The molecule has 1 aliphatic carbocycles. The van der Waals surface area contributed by atoms with Crippen LogP contribution < -0.4 is 0 Å². The Labute approximate surface area is 387 Å². The highest BCUT2D eigenvalue weighted by Crippen LogP contribution is 2.36. The van der Waals surface area contributed by atoms with E-state index in [9.17, 15) is 39.3 Å². The number of cyclic esters (lactones) is 1. The van der Waals surface area contributed by atoms with Gasteiger partial charge in [0.1, 0.15) is 30.1 Å². The quantitative estimate of drug-likeness (QED) is 0.156. The molecule has 3 heterocycles. The number of ketones is 3. The zero-order valence-corrected chi connectivity index (χ0v) is 40.6. The van der Waals surface area contributed by atoms with Crippen LogP contribution in [0.4, 0.5) is 0 Å². The first-order chi connectivity index (χ1) is 30.7. The number of hydrogen-bond donors (Lipinski definition) is 3. The van der Waals surface area contributed by atoms with Gasteiger partial charge in [-0.2, -0.15) is 0 Å². The number of hydrogen-bond acceptors (Lipinski definition) is 13. The van der Waals surface area contributed by atoms with E-state index in [4.69, 9.17) is 23.7 Å². The molecule has 2 saturated heterocycles. The number of allylic oxidation sites excluding steroid dienone is 6. The summed E-state index contributed by atoms with van der Waals surface area (Å²) in [5.74, 6) is -8.01. The van der Waals surface area contributed by atoms with Crippen molar-refractivity contribution < 1.29 is 63.0 Å². The molecule has 4 aliphatic rings. The number of esters is 1. The molecule has 3 aliphatic heterocycles. The molecule has 1 amide bonds. The third-order valence-corrected chi connectivity index (χ3v) is 14.4. The summed E-state index contributed by atoms with van der Waals surface area (Å²) in [6.45, 7) is 12.7. The van der Waals surface area contributed by atoms with Crippen molar-refractivity contribution in [3.8, 4) is 0 Å². The minimum atomic E-state index is -2.85. The van der Waals surface area contributed by atoms with Gasteiger partial charge in [-0.1, -0.05) is 71.1 Å². The molecule has 14 nitrogen and oxygen atoms in total. The van der Waals surface area contributed by atoms with E-state index in [1.165, 1.54) is 12.0 Å². The molecule has 4 rings (SSSR count). The summed E-state index contributed by atoms with van der Waals surface area (Å²) in [5, 5.41) is 34.1. The second-order valence-corrected chi connectivity index (χ2v) is 19.6.